The van der Waals surface area contributed by atoms with E-state index in [-0.39, 0.29) is 24.0 Å². The van der Waals surface area contributed by atoms with Crippen LogP contribution in [-0.4, -0.2) is 24.1 Å². The van der Waals surface area contributed by atoms with Crippen molar-refractivity contribution in [1.29, 1.82) is 0 Å². The van der Waals surface area contributed by atoms with E-state index < -0.39 is 0 Å². The highest BCUT2D eigenvalue weighted by Crippen LogP contribution is 2.21. The zero-order chi connectivity index (χ0) is 16.7. The summed E-state index contributed by atoms with van der Waals surface area (Å²) in [5.74, 6) is 0.802. The predicted octanol–water partition coefficient (Wildman–Crippen LogP) is 4.25. The molecule has 0 radical (unpaired) electrons. The van der Waals surface area contributed by atoms with Crippen molar-refractivity contribution in [1.82, 2.24) is 15.2 Å². The zero-order valence-electron chi connectivity index (χ0n) is 13.9. The summed E-state index contributed by atoms with van der Waals surface area (Å²) in [4.78, 5) is 4.23. The quantitative estimate of drug-likeness (QED) is 0.281. The fourth-order valence-electron chi connectivity index (χ4n) is 2.28. The fourth-order valence-corrected chi connectivity index (χ4v) is 2.78. The first-order valence-corrected chi connectivity index (χ1v) is 8.33. The van der Waals surface area contributed by atoms with E-state index in [1.807, 2.05) is 29.9 Å². The minimum Gasteiger partial charge on any atom is -0.357 e. The maximum Gasteiger partial charge on any atom is 0.191 e. The highest BCUT2D eigenvalue weighted by Gasteiger charge is 2.02. The van der Waals surface area contributed by atoms with Crippen LogP contribution in [0.1, 0.15) is 17.5 Å². The summed E-state index contributed by atoms with van der Waals surface area (Å²) >= 11 is 12.1. The van der Waals surface area contributed by atoms with E-state index in [9.17, 15) is 0 Å². The number of aromatic nitrogens is 1. The van der Waals surface area contributed by atoms with Gasteiger partial charge in [-0.05, 0) is 42.2 Å². The van der Waals surface area contributed by atoms with Crippen molar-refractivity contribution in [3.8, 4) is 0 Å². The van der Waals surface area contributed by atoms with Gasteiger partial charge in [-0.3, -0.25) is 4.99 Å². The molecule has 0 unspecified atom stereocenters. The van der Waals surface area contributed by atoms with Gasteiger partial charge in [0.05, 0.1) is 0 Å². The summed E-state index contributed by atoms with van der Waals surface area (Å²) in [6, 6.07) is 7.72. The second-order valence-electron chi connectivity index (χ2n) is 5.38. The molecular formula is C17H23Cl2IN4. The third kappa shape index (κ3) is 6.91. The second kappa shape index (κ2) is 10.8. The molecule has 24 heavy (non-hydrogen) atoms. The maximum absolute atomic E-state index is 6.17. The van der Waals surface area contributed by atoms with Crippen molar-refractivity contribution >= 4 is 53.1 Å². The molecule has 0 aliphatic carbocycles. The Hall–Kier alpha value is -0.920. The van der Waals surface area contributed by atoms with E-state index in [1.54, 1.807) is 13.1 Å². The third-order valence-corrected chi connectivity index (χ3v) is 4.09. The number of nitrogens with zero attached hydrogens (tertiary/aromatic N) is 2. The number of hydrogen-bond donors (Lipinski definition) is 2. The minimum absolute atomic E-state index is 0. The Morgan fingerprint density at radius 2 is 2.00 bits per heavy atom. The molecule has 2 N–H and O–H groups in total. The number of halogens is 3. The molecule has 0 spiro atoms. The van der Waals surface area contributed by atoms with Gasteiger partial charge < -0.3 is 15.2 Å². The van der Waals surface area contributed by atoms with E-state index >= 15 is 0 Å². The summed E-state index contributed by atoms with van der Waals surface area (Å²) in [6.07, 6.45) is 5.98. The standard InChI is InChI=1S/C17H22Cl2N4.HI/c1-20-17(22-11-13-7-9-23(2)12-13)21-8-3-4-14-5-6-15(18)10-16(14)19;/h5-7,9-10,12H,3-4,8,11H2,1-2H3,(H2,20,21,22);1H. The molecule has 2 aromatic rings. The third-order valence-electron chi connectivity index (χ3n) is 3.51. The van der Waals surface area contributed by atoms with Gasteiger partial charge in [-0.1, -0.05) is 29.3 Å². The molecule has 4 nitrogen and oxygen atoms in total. The Labute approximate surface area is 170 Å². The molecule has 1 heterocycles. The van der Waals surface area contributed by atoms with E-state index in [4.69, 9.17) is 23.2 Å². The molecule has 0 saturated carbocycles. The van der Waals surface area contributed by atoms with Crippen molar-refractivity contribution in [2.75, 3.05) is 13.6 Å². The van der Waals surface area contributed by atoms with Crippen LogP contribution >= 0.6 is 47.2 Å². The lowest BCUT2D eigenvalue weighted by Crippen LogP contribution is -2.37. The number of aliphatic imine (C=N–C) groups is 1. The zero-order valence-corrected chi connectivity index (χ0v) is 17.7. The van der Waals surface area contributed by atoms with Crippen molar-refractivity contribution < 1.29 is 0 Å². The summed E-state index contributed by atoms with van der Waals surface area (Å²) in [5, 5.41) is 8.00. The molecule has 0 amide bonds. The minimum atomic E-state index is 0. The molecule has 2 rings (SSSR count). The summed E-state index contributed by atoms with van der Waals surface area (Å²) in [5.41, 5.74) is 2.34. The van der Waals surface area contributed by atoms with Crippen molar-refractivity contribution in [3.63, 3.8) is 0 Å². The average Bonchev–Trinajstić information content (AvgIpc) is 2.94. The Morgan fingerprint density at radius 3 is 2.62 bits per heavy atom. The van der Waals surface area contributed by atoms with E-state index in [0.29, 0.717) is 5.02 Å². The number of aryl methyl sites for hydroxylation is 2. The summed E-state index contributed by atoms with van der Waals surface area (Å²) < 4.78 is 2.03. The van der Waals surface area contributed by atoms with Gasteiger partial charge in [-0.25, -0.2) is 0 Å². The molecule has 0 saturated heterocycles. The topological polar surface area (TPSA) is 41.4 Å². The lowest BCUT2D eigenvalue weighted by molar-refractivity contribution is 0.741. The van der Waals surface area contributed by atoms with Crippen LogP contribution in [0.2, 0.25) is 10.0 Å². The van der Waals surface area contributed by atoms with Crippen LogP contribution < -0.4 is 10.6 Å². The van der Waals surface area contributed by atoms with Crippen LogP contribution in [-0.2, 0) is 20.0 Å². The number of nitrogens with one attached hydrogen (secondary N) is 2. The highest BCUT2D eigenvalue weighted by molar-refractivity contribution is 14.0. The van der Waals surface area contributed by atoms with Gasteiger partial charge >= 0.3 is 0 Å². The predicted molar refractivity (Wildman–Crippen MR) is 114 cm³/mol. The van der Waals surface area contributed by atoms with Crippen LogP contribution in [0.15, 0.2) is 41.7 Å². The average molecular weight is 481 g/mol. The van der Waals surface area contributed by atoms with Crippen molar-refractivity contribution in [3.05, 3.63) is 57.8 Å². The molecule has 0 aliphatic rings. The van der Waals surface area contributed by atoms with Gasteiger partial charge in [-0.15, -0.1) is 24.0 Å². The molecule has 1 aromatic carbocycles. The normalized spacial score (nSPS) is 11.1. The van der Waals surface area contributed by atoms with E-state index in [0.717, 1.165) is 42.5 Å². The summed E-state index contributed by atoms with van der Waals surface area (Å²) in [7, 11) is 3.79. The Morgan fingerprint density at radius 1 is 1.21 bits per heavy atom. The number of hydrogen-bond acceptors (Lipinski definition) is 1. The molecular weight excluding hydrogens is 458 g/mol. The first-order chi connectivity index (χ1) is 11.1. The molecule has 7 heteroatoms. The van der Waals surface area contributed by atoms with Gasteiger partial charge in [-0.2, -0.15) is 0 Å². The number of benzene rings is 1. The van der Waals surface area contributed by atoms with Gasteiger partial charge in [0, 0.05) is 49.6 Å². The Kier molecular flexibility index (Phi) is 9.54. The van der Waals surface area contributed by atoms with Crippen LogP contribution in [0.3, 0.4) is 0 Å². The first kappa shape index (κ1) is 21.1. The SMILES string of the molecule is CN=C(NCCCc1ccc(Cl)cc1Cl)NCc1ccn(C)c1.I. The maximum atomic E-state index is 6.17. The molecule has 0 atom stereocenters. The lowest BCUT2D eigenvalue weighted by Gasteiger charge is -2.11. The number of rotatable bonds is 6. The molecule has 0 aliphatic heterocycles. The van der Waals surface area contributed by atoms with Gasteiger partial charge in [0.1, 0.15) is 0 Å². The van der Waals surface area contributed by atoms with Crippen molar-refractivity contribution in [2.24, 2.45) is 12.0 Å². The Balaban J connectivity index is 0.00000288. The first-order valence-electron chi connectivity index (χ1n) is 7.58. The molecule has 0 fully saturated rings. The van der Waals surface area contributed by atoms with E-state index in [1.165, 1.54) is 5.56 Å². The smallest absolute Gasteiger partial charge is 0.191 e. The highest BCUT2D eigenvalue weighted by atomic mass is 127. The largest absolute Gasteiger partial charge is 0.357 e. The molecule has 1 aromatic heterocycles. The van der Waals surface area contributed by atoms with Crippen LogP contribution in [0, 0.1) is 0 Å². The van der Waals surface area contributed by atoms with Crippen LogP contribution in [0.4, 0.5) is 0 Å². The monoisotopic (exact) mass is 480 g/mol. The summed E-state index contributed by atoms with van der Waals surface area (Å²) in [6.45, 7) is 1.58. The van der Waals surface area contributed by atoms with Gasteiger partial charge in [0.25, 0.3) is 0 Å². The van der Waals surface area contributed by atoms with Crippen LogP contribution in [0.25, 0.3) is 0 Å². The van der Waals surface area contributed by atoms with Gasteiger partial charge in [0.2, 0.25) is 0 Å². The Bertz CT molecular complexity index is 670. The van der Waals surface area contributed by atoms with Crippen molar-refractivity contribution in [2.45, 2.75) is 19.4 Å². The molecule has 132 valence electrons. The van der Waals surface area contributed by atoms with Crippen LogP contribution in [0.5, 0.6) is 0 Å². The lowest BCUT2D eigenvalue weighted by atomic mass is 10.1. The second-order valence-corrected chi connectivity index (χ2v) is 6.22. The molecule has 0 bridgehead atoms. The fraction of sp³-hybridized carbons (Fsp3) is 0.353. The van der Waals surface area contributed by atoms with Gasteiger partial charge in [0.15, 0.2) is 5.96 Å². The van der Waals surface area contributed by atoms with E-state index in [2.05, 4.69) is 27.9 Å². The number of guanidine groups is 1.